The molecule has 0 aliphatic heterocycles. The van der Waals surface area contributed by atoms with Crippen molar-refractivity contribution in [2.75, 3.05) is 0 Å². The fraction of sp³-hybridized carbons (Fsp3) is 0. The van der Waals surface area contributed by atoms with Crippen molar-refractivity contribution in [3.05, 3.63) is 59.2 Å². The monoisotopic (exact) mass is 338 g/mol. The largest absolute Gasteiger partial charge is 0.508 e. The van der Waals surface area contributed by atoms with E-state index >= 15 is 0 Å². The predicted molar refractivity (Wildman–Crippen MR) is 90.9 cm³/mol. The number of rotatable bonds is 3. The van der Waals surface area contributed by atoms with Crippen molar-refractivity contribution in [1.29, 1.82) is 5.41 Å². The van der Waals surface area contributed by atoms with Gasteiger partial charge in [0.15, 0.2) is 17.0 Å². The number of hydrogen-bond donors (Lipinski definition) is 5. The van der Waals surface area contributed by atoms with Crippen LogP contribution in [0.3, 0.4) is 0 Å². The number of fused-ring (bicyclic) bond motifs is 1. The van der Waals surface area contributed by atoms with E-state index in [9.17, 15) is 15.4 Å². The highest BCUT2D eigenvalue weighted by molar-refractivity contribution is 5.97. The molecular formula is C16H14N6O3. The molecular weight excluding hydrogens is 324 g/mol. The zero-order valence-corrected chi connectivity index (χ0v) is 12.8. The van der Waals surface area contributed by atoms with Crippen molar-refractivity contribution >= 4 is 23.1 Å². The molecule has 0 fully saturated rings. The Labute approximate surface area is 141 Å². The van der Waals surface area contributed by atoms with Crippen LogP contribution in [0, 0.1) is 5.41 Å². The van der Waals surface area contributed by atoms with Crippen LogP contribution in [-0.4, -0.2) is 37.2 Å². The molecule has 9 nitrogen and oxygen atoms in total. The number of amidine groups is 1. The van der Waals surface area contributed by atoms with Gasteiger partial charge in [-0.25, -0.2) is 4.98 Å². The molecule has 126 valence electrons. The summed E-state index contributed by atoms with van der Waals surface area (Å²) in [5, 5.41) is 44.4. The standard InChI is InChI=1S/C16H14N6O3/c17-15(21-19-8-9-5-6-10(23)7-13(9)24)14-16(18)22(25)12-4-2-1-3-11(12)20-14/h1-8,18,23-25H,(H2,17,21)/b18-16?,19-8-. The van der Waals surface area contributed by atoms with Gasteiger partial charge < -0.3 is 21.2 Å². The molecule has 0 unspecified atom stereocenters. The summed E-state index contributed by atoms with van der Waals surface area (Å²) >= 11 is 0. The summed E-state index contributed by atoms with van der Waals surface area (Å²) in [6, 6.07) is 10.7. The number of nitrogens with one attached hydrogen (secondary N) is 1. The molecule has 2 aromatic carbocycles. The zero-order valence-electron chi connectivity index (χ0n) is 12.8. The van der Waals surface area contributed by atoms with Crippen molar-refractivity contribution in [3.8, 4) is 11.5 Å². The van der Waals surface area contributed by atoms with E-state index < -0.39 is 0 Å². The van der Waals surface area contributed by atoms with E-state index in [0.717, 1.165) is 6.07 Å². The topological polar surface area (TPSA) is 153 Å². The van der Waals surface area contributed by atoms with E-state index in [1.54, 1.807) is 24.3 Å². The van der Waals surface area contributed by atoms with Gasteiger partial charge in [-0.1, -0.05) is 12.1 Å². The highest BCUT2D eigenvalue weighted by atomic mass is 16.5. The quantitative estimate of drug-likeness (QED) is 0.208. The highest BCUT2D eigenvalue weighted by Gasteiger charge is 2.10. The second kappa shape index (κ2) is 6.32. The highest BCUT2D eigenvalue weighted by Crippen LogP contribution is 2.20. The summed E-state index contributed by atoms with van der Waals surface area (Å²) in [5.41, 5.74) is 6.57. The Bertz CT molecular complexity index is 1070. The molecule has 0 spiro atoms. The van der Waals surface area contributed by atoms with Crippen LogP contribution >= 0.6 is 0 Å². The van der Waals surface area contributed by atoms with Gasteiger partial charge in [0.25, 0.3) is 0 Å². The van der Waals surface area contributed by atoms with Gasteiger partial charge in [-0.15, -0.1) is 5.10 Å². The van der Waals surface area contributed by atoms with E-state index in [2.05, 4.69) is 15.2 Å². The maximum absolute atomic E-state index is 10.0. The van der Waals surface area contributed by atoms with E-state index in [1.807, 2.05) is 0 Å². The van der Waals surface area contributed by atoms with Gasteiger partial charge in [0, 0.05) is 11.6 Å². The molecule has 0 saturated heterocycles. The van der Waals surface area contributed by atoms with Crippen LogP contribution in [0.2, 0.25) is 0 Å². The molecule has 1 aromatic heterocycles. The Balaban J connectivity index is 1.97. The van der Waals surface area contributed by atoms with Gasteiger partial charge in [-0.3, -0.25) is 5.41 Å². The Morgan fingerprint density at radius 2 is 1.96 bits per heavy atom. The van der Waals surface area contributed by atoms with Crippen LogP contribution < -0.4 is 11.2 Å². The molecule has 0 saturated carbocycles. The van der Waals surface area contributed by atoms with Gasteiger partial charge in [0.05, 0.1) is 11.7 Å². The molecule has 6 N–H and O–H groups in total. The van der Waals surface area contributed by atoms with E-state index in [0.29, 0.717) is 21.3 Å². The smallest absolute Gasteiger partial charge is 0.191 e. The number of hydrogen-bond acceptors (Lipinski definition) is 7. The Morgan fingerprint density at radius 3 is 2.72 bits per heavy atom. The lowest BCUT2D eigenvalue weighted by Gasteiger charge is -2.06. The summed E-state index contributed by atoms with van der Waals surface area (Å²) in [7, 11) is 0. The van der Waals surface area contributed by atoms with Gasteiger partial charge in [-0.2, -0.15) is 9.83 Å². The zero-order chi connectivity index (χ0) is 18.0. The molecule has 9 heteroatoms. The summed E-state index contributed by atoms with van der Waals surface area (Å²) < 4.78 is 0.662. The molecule has 25 heavy (non-hydrogen) atoms. The third-order valence-electron chi connectivity index (χ3n) is 3.40. The number of nitrogens with zero attached hydrogens (tertiary/aromatic N) is 4. The van der Waals surface area contributed by atoms with Crippen LogP contribution in [0.25, 0.3) is 11.0 Å². The van der Waals surface area contributed by atoms with Gasteiger partial charge >= 0.3 is 0 Å². The SMILES string of the molecule is N=c1c(C(N)=N/N=C\c2ccc(O)cc2O)nc2ccccc2n1O. The Hall–Kier alpha value is -3.88. The molecule has 0 amide bonds. The number of phenolic OH excluding ortho intramolecular Hbond substituents is 2. The maximum Gasteiger partial charge on any atom is 0.191 e. The lowest BCUT2D eigenvalue weighted by atomic mass is 10.2. The van der Waals surface area contributed by atoms with Crippen LogP contribution in [-0.2, 0) is 0 Å². The molecule has 0 aliphatic carbocycles. The van der Waals surface area contributed by atoms with E-state index in [4.69, 9.17) is 11.1 Å². The first-order valence-corrected chi connectivity index (χ1v) is 7.12. The number of benzene rings is 2. The van der Waals surface area contributed by atoms with Gasteiger partial charge in [-0.05, 0) is 24.3 Å². The van der Waals surface area contributed by atoms with Crippen molar-refractivity contribution < 1.29 is 15.4 Å². The minimum absolute atomic E-state index is 0.0340. The summed E-state index contributed by atoms with van der Waals surface area (Å²) in [5.74, 6) is -0.423. The minimum atomic E-state index is -0.331. The van der Waals surface area contributed by atoms with E-state index in [-0.39, 0.29) is 28.5 Å². The predicted octanol–water partition coefficient (Wildman–Crippen LogP) is 0.904. The first kappa shape index (κ1) is 16.0. The van der Waals surface area contributed by atoms with Crippen LogP contribution in [0.5, 0.6) is 11.5 Å². The third kappa shape index (κ3) is 3.11. The third-order valence-corrected chi connectivity index (χ3v) is 3.40. The number of aromatic nitrogens is 2. The molecule has 3 aromatic rings. The lowest BCUT2D eigenvalue weighted by Crippen LogP contribution is -2.31. The molecule has 3 rings (SSSR count). The van der Waals surface area contributed by atoms with Crippen molar-refractivity contribution in [2.45, 2.75) is 0 Å². The van der Waals surface area contributed by atoms with Crippen molar-refractivity contribution in [3.63, 3.8) is 0 Å². The molecule has 0 bridgehead atoms. The summed E-state index contributed by atoms with van der Waals surface area (Å²) in [4.78, 5) is 4.21. The molecule has 0 atom stereocenters. The number of para-hydroxylation sites is 2. The molecule has 0 aliphatic rings. The molecule has 1 heterocycles. The Morgan fingerprint density at radius 1 is 1.20 bits per heavy atom. The fourth-order valence-electron chi connectivity index (χ4n) is 2.15. The van der Waals surface area contributed by atoms with Crippen molar-refractivity contribution in [1.82, 2.24) is 9.71 Å². The average molecular weight is 338 g/mol. The first-order chi connectivity index (χ1) is 12.0. The first-order valence-electron chi connectivity index (χ1n) is 7.12. The summed E-state index contributed by atoms with van der Waals surface area (Å²) in [6.07, 6.45) is 1.24. The molecule has 0 radical (unpaired) electrons. The van der Waals surface area contributed by atoms with Gasteiger partial charge in [0.1, 0.15) is 17.0 Å². The van der Waals surface area contributed by atoms with Crippen LogP contribution in [0.1, 0.15) is 11.3 Å². The van der Waals surface area contributed by atoms with Crippen LogP contribution in [0.4, 0.5) is 0 Å². The average Bonchev–Trinajstić information content (AvgIpc) is 2.60. The number of aromatic hydroxyl groups is 2. The Kier molecular flexibility index (Phi) is 4.04. The second-order valence-electron chi connectivity index (χ2n) is 5.08. The van der Waals surface area contributed by atoms with Crippen LogP contribution in [0.15, 0.2) is 52.7 Å². The maximum atomic E-state index is 10.0. The minimum Gasteiger partial charge on any atom is -0.508 e. The second-order valence-corrected chi connectivity index (χ2v) is 5.08. The van der Waals surface area contributed by atoms with E-state index in [1.165, 1.54) is 18.3 Å². The van der Waals surface area contributed by atoms with Gasteiger partial charge in [0.2, 0.25) is 0 Å². The normalized spacial score (nSPS) is 12.1. The summed E-state index contributed by atoms with van der Waals surface area (Å²) in [6.45, 7) is 0. The lowest BCUT2D eigenvalue weighted by molar-refractivity contribution is 0.183. The number of nitrogens with two attached hydrogens (primary N) is 1. The number of phenols is 2. The fourth-order valence-corrected chi connectivity index (χ4v) is 2.15. The van der Waals surface area contributed by atoms with Crippen molar-refractivity contribution in [2.24, 2.45) is 15.9 Å².